The molecule has 2 aromatic heterocycles. The van der Waals surface area contributed by atoms with E-state index < -0.39 is 0 Å². The molecule has 0 bridgehead atoms. The average molecular weight is 341 g/mol. The molecule has 6 nitrogen and oxygen atoms in total. The molecule has 1 aliphatic heterocycles. The van der Waals surface area contributed by atoms with Gasteiger partial charge < -0.3 is 9.88 Å². The Balaban J connectivity index is 1.56. The van der Waals surface area contributed by atoms with Gasteiger partial charge in [-0.05, 0) is 57.5 Å². The summed E-state index contributed by atoms with van der Waals surface area (Å²) < 4.78 is 1.91. The maximum atomic E-state index is 12.1. The highest BCUT2D eigenvalue weighted by Gasteiger charge is 2.24. The fourth-order valence-corrected chi connectivity index (χ4v) is 3.46. The molecule has 1 N–H and O–H groups in total. The summed E-state index contributed by atoms with van der Waals surface area (Å²) in [6.45, 7) is 3.63. The Hall–Kier alpha value is -2.21. The van der Waals surface area contributed by atoms with E-state index >= 15 is 0 Å². The summed E-state index contributed by atoms with van der Waals surface area (Å²) in [6, 6.07) is 4.67. The molecule has 0 aromatic carbocycles. The van der Waals surface area contributed by atoms with E-state index in [-0.39, 0.29) is 5.91 Å². The van der Waals surface area contributed by atoms with Gasteiger partial charge in [0.1, 0.15) is 5.82 Å². The second-order valence-corrected chi connectivity index (χ2v) is 6.91. The third-order valence-electron chi connectivity index (χ3n) is 4.90. The van der Waals surface area contributed by atoms with Crippen LogP contribution in [0.5, 0.6) is 0 Å². The van der Waals surface area contributed by atoms with Crippen LogP contribution in [0.4, 0.5) is 0 Å². The minimum Gasteiger partial charge on any atom is -0.349 e. The van der Waals surface area contributed by atoms with Gasteiger partial charge in [-0.3, -0.25) is 14.7 Å². The Morgan fingerprint density at radius 2 is 2.20 bits per heavy atom. The maximum Gasteiger partial charge on any atom is 0.220 e. The normalized spacial score (nSPS) is 17.8. The molecular weight excluding hydrogens is 314 g/mol. The maximum absolute atomic E-state index is 12.1. The molecule has 3 heterocycles. The summed E-state index contributed by atoms with van der Waals surface area (Å²) in [5, 5.41) is 2.94. The van der Waals surface area contributed by atoms with Crippen LogP contribution in [-0.4, -0.2) is 38.9 Å². The SMILES string of the molecule is Cc1cc(CCC(=O)NCc2nccn2C)cc(C2CCCN2C)n1. The third kappa shape index (κ3) is 4.45. The van der Waals surface area contributed by atoms with Crippen molar-refractivity contribution >= 4 is 5.91 Å². The number of pyridine rings is 1. The monoisotopic (exact) mass is 341 g/mol. The summed E-state index contributed by atoms with van der Waals surface area (Å²) >= 11 is 0. The van der Waals surface area contributed by atoms with Crippen LogP contribution < -0.4 is 5.32 Å². The molecule has 6 heteroatoms. The number of rotatable bonds is 6. The van der Waals surface area contributed by atoms with Crippen LogP contribution in [0.2, 0.25) is 0 Å². The van der Waals surface area contributed by atoms with Gasteiger partial charge in [0, 0.05) is 31.6 Å². The minimum atomic E-state index is 0.0528. The van der Waals surface area contributed by atoms with Crippen molar-refractivity contribution in [3.05, 3.63) is 47.3 Å². The van der Waals surface area contributed by atoms with Gasteiger partial charge in [-0.25, -0.2) is 4.98 Å². The van der Waals surface area contributed by atoms with Crippen LogP contribution >= 0.6 is 0 Å². The third-order valence-corrected chi connectivity index (χ3v) is 4.90. The molecule has 0 aliphatic carbocycles. The van der Waals surface area contributed by atoms with E-state index in [9.17, 15) is 4.79 Å². The Kier molecular flexibility index (Phi) is 5.48. The van der Waals surface area contributed by atoms with E-state index in [1.54, 1.807) is 6.20 Å². The number of carbonyl (C=O) groups is 1. The number of carbonyl (C=O) groups excluding carboxylic acids is 1. The Labute approximate surface area is 149 Å². The van der Waals surface area contributed by atoms with Crippen molar-refractivity contribution in [2.75, 3.05) is 13.6 Å². The first kappa shape index (κ1) is 17.6. The summed E-state index contributed by atoms with van der Waals surface area (Å²) in [6.07, 6.45) is 7.22. The molecule has 25 heavy (non-hydrogen) atoms. The van der Waals surface area contributed by atoms with Gasteiger partial charge in [-0.1, -0.05) is 0 Å². The number of hydrogen-bond acceptors (Lipinski definition) is 4. The van der Waals surface area contributed by atoms with Crippen molar-refractivity contribution in [3.8, 4) is 0 Å². The Morgan fingerprint density at radius 1 is 1.36 bits per heavy atom. The largest absolute Gasteiger partial charge is 0.349 e. The summed E-state index contributed by atoms with van der Waals surface area (Å²) in [4.78, 5) is 23.4. The van der Waals surface area contributed by atoms with E-state index in [1.165, 1.54) is 12.0 Å². The van der Waals surface area contributed by atoms with E-state index in [4.69, 9.17) is 4.98 Å². The molecule has 3 rings (SSSR count). The van der Waals surface area contributed by atoms with Crippen molar-refractivity contribution in [2.45, 2.75) is 45.2 Å². The zero-order chi connectivity index (χ0) is 17.8. The van der Waals surface area contributed by atoms with Gasteiger partial charge in [0.2, 0.25) is 5.91 Å². The quantitative estimate of drug-likeness (QED) is 0.874. The molecule has 1 aliphatic rings. The predicted molar refractivity (Wildman–Crippen MR) is 97.0 cm³/mol. The molecule has 0 saturated carbocycles. The minimum absolute atomic E-state index is 0.0528. The lowest BCUT2D eigenvalue weighted by Crippen LogP contribution is -2.24. The van der Waals surface area contributed by atoms with Gasteiger partial charge in [0.15, 0.2) is 0 Å². The second kappa shape index (κ2) is 7.78. The molecule has 1 atom stereocenters. The fraction of sp³-hybridized carbons (Fsp3) is 0.526. The first-order chi connectivity index (χ1) is 12.0. The van der Waals surface area contributed by atoms with Gasteiger partial charge >= 0.3 is 0 Å². The van der Waals surface area contributed by atoms with E-state index in [0.29, 0.717) is 19.0 Å². The van der Waals surface area contributed by atoms with Crippen LogP contribution in [0.25, 0.3) is 0 Å². The number of amides is 1. The standard InChI is InChI=1S/C19H27N5O/c1-14-11-15(12-16(22-14)17-5-4-9-23(17)2)6-7-19(25)21-13-18-20-8-10-24(18)3/h8,10-12,17H,4-7,9,13H2,1-3H3,(H,21,25). The Morgan fingerprint density at radius 3 is 2.88 bits per heavy atom. The molecule has 0 radical (unpaired) electrons. The van der Waals surface area contributed by atoms with Gasteiger partial charge in [-0.2, -0.15) is 0 Å². The number of nitrogens with one attached hydrogen (secondary N) is 1. The lowest BCUT2D eigenvalue weighted by atomic mass is 10.0. The van der Waals surface area contributed by atoms with Crippen LogP contribution in [0.1, 0.15) is 48.1 Å². The summed E-state index contributed by atoms with van der Waals surface area (Å²) in [5.74, 6) is 0.914. The molecule has 134 valence electrons. The summed E-state index contributed by atoms with van der Waals surface area (Å²) in [7, 11) is 4.09. The molecule has 2 aromatic rings. The van der Waals surface area contributed by atoms with Crippen molar-refractivity contribution in [1.29, 1.82) is 0 Å². The summed E-state index contributed by atoms with van der Waals surface area (Å²) in [5.41, 5.74) is 3.36. The van der Waals surface area contributed by atoms with E-state index in [1.807, 2.05) is 24.7 Å². The van der Waals surface area contributed by atoms with Crippen LogP contribution in [0.15, 0.2) is 24.5 Å². The van der Waals surface area contributed by atoms with Crippen molar-refractivity contribution in [3.63, 3.8) is 0 Å². The van der Waals surface area contributed by atoms with Crippen LogP contribution in [-0.2, 0) is 24.8 Å². The van der Waals surface area contributed by atoms with Crippen molar-refractivity contribution in [2.24, 2.45) is 7.05 Å². The van der Waals surface area contributed by atoms with E-state index in [2.05, 4.69) is 34.4 Å². The highest BCUT2D eigenvalue weighted by molar-refractivity contribution is 5.76. The van der Waals surface area contributed by atoms with E-state index in [0.717, 1.165) is 36.6 Å². The smallest absolute Gasteiger partial charge is 0.220 e. The van der Waals surface area contributed by atoms with Gasteiger partial charge in [0.25, 0.3) is 0 Å². The first-order valence-corrected chi connectivity index (χ1v) is 8.93. The fourth-order valence-electron chi connectivity index (χ4n) is 3.46. The zero-order valence-electron chi connectivity index (χ0n) is 15.3. The molecule has 0 spiro atoms. The average Bonchev–Trinajstić information content (AvgIpc) is 3.18. The number of hydrogen-bond donors (Lipinski definition) is 1. The van der Waals surface area contributed by atoms with Gasteiger partial charge in [-0.15, -0.1) is 0 Å². The Bertz CT molecular complexity index is 739. The number of aryl methyl sites for hydroxylation is 3. The second-order valence-electron chi connectivity index (χ2n) is 6.91. The molecule has 1 saturated heterocycles. The number of nitrogens with zero attached hydrogens (tertiary/aromatic N) is 4. The number of likely N-dealkylation sites (tertiary alicyclic amines) is 1. The zero-order valence-corrected chi connectivity index (χ0v) is 15.3. The van der Waals surface area contributed by atoms with Crippen molar-refractivity contribution in [1.82, 2.24) is 24.8 Å². The highest BCUT2D eigenvalue weighted by Crippen LogP contribution is 2.29. The van der Waals surface area contributed by atoms with Crippen LogP contribution in [0.3, 0.4) is 0 Å². The lowest BCUT2D eigenvalue weighted by molar-refractivity contribution is -0.121. The molecule has 1 fully saturated rings. The molecule has 1 amide bonds. The van der Waals surface area contributed by atoms with Gasteiger partial charge in [0.05, 0.1) is 18.3 Å². The lowest BCUT2D eigenvalue weighted by Gasteiger charge is -2.20. The number of aromatic nitrogens is 3. The number of imidazole rings is 1. The topological polar surface area (TPSA) is 63.1 Å². The molecule has 1 unspecified atom stereocenters. The van der Waals surface area contributed by atoms with Crippen molar-refractivity contribution < 1.29 is 4.79 Å². The molecular formula is C19H27N5O. The predicted octanol–water partition coefficient (Wildman–Crippen LogP) is 2.14. The first-order valence-electron chi connectivity index (χ1n) is 8.93. The highest BCUT2D eigenvalue weighted by atomic mass is 16.1. The van der Waals surface area contributed by atoms with Crippen LogP contribution in [0, 0.1) is 6.92 Å².